The smallest absolute Gasteiger partial charge is 0.263 e. The molecule has 0 bridgehead atoms. The van der Waals surface area contributed by atoms with Crippen LogP contribution >= 0.6 is 0 Å². The van der Waals surface area contributed by atoms with E-state index >= 15 is 0 Å². The highest BCUT2D eigenvalue weighted by Gasteiger charge is 2.08. The van der Waals surface area contributed by atoms with Crippen molar-refractivity contribution in [3.63, 3.8) is 0 Å². The van der Waals surface area contributed by atoms with Gasteiger partial charge in [0, 0.05) is 25.7 Å². The van der Waals surface area contributed by atoms with Crippen LogP contribution in [0.25, 0.3) is 11.0 Å². The summed E-state index contributed by atoms with van der Waals surface area (Å²) in [5, 5.41) is 19.6. The monoisotopic (exact) mass is 342 g/mol. The van der Waals surface area contributed by atoms with Gasteiger partial charge in [-0.05, 0) is 24.6 Å². The van der Waals surface area contributed by atoms with Gasteiger partial charge in [-0.2, -0.15) is 10.1 Å². The van der Waals surface area contributed by atoms with Gasteiger partial charge < -0.3 is 15.7 Å². The van der Waals surface area contributed by atoms with Crippen molar-refractivity contribution in [2.24, 2.45) is 7.05 Å². The van der Waals surface area contributed by atoms with Crippen LogP contribution in [0.4, 0.5) is 5.95 Å². The van der Waals surface area contributed by atoms with E-state index in [1.54, 1.807) is 19.2 Å². The first-order chi connectivity index (χ1) is 12.0. The minimum atomic E-state index is -0.252. The number of nitrogens with zero attached hydrogens (tertiary/aromatic N) is 3. The average molecular weight is 342 g/mol. The number of aromatic hydroxyl groups is 1. The Morgan fingerprint density at radius 3 is 3.00 bits per heavy atom. The topological polar surface area (TPSA) is 125 Å². The molecule has 25 heavy (non-hydrogen) atoms. The number of amides is 1. The summed E-state index contributed by atoms with van der Waals surface area (Å²) in [5.74, 6) is 0.161. The molecule has 0 aliphatic carbocycles. The van der Waals surface area contributed by atoms with Crippen LogP contribution in [-0.2, 0) is 7.05 Å². The number of fused-ring (bicyclic) bond motifs is 1. The lowest BCUT2D eigenvalue weighted by Gasteiger charge is -2.07. The molecule has 0 saturated carbocycles. The Bertz CT molecular complexity index is 962. The molecule has 1 aromatic carbocycles. The number of anilines is 1. The van der Waals surface area contributed by atoms with Crippen molar-refractivity contribution in [1.82, 2.24) is 25.1 Å². The molecule has 2 heterocycles. The third-order valence-corrected chi connectivity index (χ3v) is 3.64. The fourth-order valence-electron chi connectivity index (χ4n) is 2.36. The molecular weight excluding hydrogens is 324 g/mol. The molecule has 3 rings (SSSR count). The molecule has 130 valence electrons. The van der Waals surface area contributed by atoms with Crippen LogP contribution in [0, 0.1) is 0 Å². The van der Waals surface area contributed by atoms with E-state index in [9.17, 15) is 14.7 Å². The number of nitrogens with one attached hydrogen (secondary N) is 3. The fraction of sp³-hybridized carbons (Fsp3) is 0.250. The molecule has 0 saturated heterocycles. The number of aromatic nitrogens is 4. The summed E-state index contributed by atoms with van der Waals surface area (Å²) in [7, 11) is 1.72. The number of phenolic OH excluding ortho intramolecular Hbond substituents is 1. The van der Waals surface area contributed by atoms with Crippen molar-refractivity contribution in [3.8, 4) is 5.75 Å². The predicted octanol–water partition coefficient (Wildman–Crippen LogP) is 0.594. The summed E-state index contributed by atoms with van der Waals surface area (Å²) < 4.78 is 1.53. The number of aryl methyl sites for hydroxylation is 1. The number of rotatable bonds is 6. The normalized spacial score (nSPS) is 10.8. The molecule has 0 radical (unpaired) electrons. The van der Waals surface area contributed by atoms with Gasteiger partial charge in [-0.25, -0.2) is 0 Å². The quantitative estimate of drug-likeness (QED) is 0.486. The summed E-state index contributed by atoms with van der Waals surface area (Å²) in [6.45, 7) is 0.965. The number of aromatic amines is 1. The molecule has 0 spiro atoms. The van der Waals surface area contributed by atoms with Crippen molar-refractivity contribution < 1.29 is 9.90 Å². The molecule has 3 aromatic rings. The number of hydrogen-bond donors (Lipinski definition) is 4. The average Bonchev–Trinajstić information content (AvgIpc) is 2.96. The standard InChI is InChI=1S/C16H18N6O3/c1-22-13-12(9-19-22)15(25)21-16(20-13)18-7-3-6-17-14(24)10-4-2-5-11(23)8-10/h2,4-5,8-9,23H,3,6-7H2,1H3,(H,17,24)(H2,18,20,21,25). The van der Waals surface area contributed by atoms with E-state index in [1.807, 2.05) is 0 Å². The Labute approximate surface area is 142 Å². The van der Waals surface area contributed by atoms with Crippen LogP contribution in [0.2, 0.25) is 0 Å². The van der Waals surface area contributed by atoms with Crippen LogP contribution in [0.5, 0.6) is 5.75 Å². The SMILES string of the molecule is Cn1ncc2c(=O)[nH]c(NCCCNC(=O)c3cccc(O)c3)nc21. The maximum absolute atomic E-state index is 11.9. The predicted molar refractivity (Wildman–Crippen MR) is 92.7 cm³/mol. The van der Waals surface area contributed by atoms with Gasteiger partial charge in [0.2, 0.25) is 5.95 Å². The zero-order valence-electron chi connectivity index (χ0n) is 13.6. The van der Waals surface area contributed by atoms with E-state index in [2.05, 4.69) is 25.7 Å². The molecule has 0 unspecified atom stereocenters. The number of H-pyrrole nitrogens is 1. The minimum Gasteiger partial charge on any atom is -0.508 e. The maximum Gasteiger partial charge on any atom is 0.263 e. The van der Waals surface area contributed by atoms with Gasteiger partial charge in [-0.15, -0.1) is 0 Å². The third kappa shape index (κ3) is 3.77. The second-order valence-corrected chi connectivity index (χ2v) is 5.51. The Balaban J connectivity index is 1.49. The van der Waals surface area contributed by atoms with Gasteiger partial charge in [-0.3, -0.25) is 19.3 Å². The summed E-state index contributed by atoms with van der Waals surface area (Å²) in [6, 6.07) is 6.16. The highest BCUT2D eigenvalue weighted by molar-refractivity contribution is 5.94. The lowest BCUT2D eigenvalue weighted by atomic mass is 10.2. The van der Waals surface area contributed by atoms with Crippen molar-refractivity contribution >= 4 is 22.9 Å². The third-order valence-electron chi connectivity index (χ3n) is 3.64. The molecule has 9 heteroatoms. The van der Waals surface area contributed by atoms with Gasteiger partial charge in [0.1, 0.15) is 11.1 Å². The zero-order chi connectivity index (χ0) is 17.8. The lowest BCUT2D eigenvalue weighted by molar-refractivity contribution is 0.0953. The van der Waals surface area contributed by atoms with E-state index in [0.29, 0.717) is 42.1 Å². The molecule has 0 fully saturated rings. The van der Waals surface area contributed by atoms with Gasteiger partial charge in [0.25, 0.3) is 11.5 Å². The van der Waals surface area contributed by atoms with E-state index in [1.165, 1.54) is 23.0 Å². The largest absolute Gasteiger partial charge is 0.508 e. The van der Waals surface area contributed by atoms with Crippen molar-refractivity contribution in [2.45, 2.75) is 6.42 Å². The van der Waals surface area contributed by atoms with Crippen LogP contribution in [0.15, 0.2) is 35.3 Å². The summed E-state index contributed by atoms with van der Waals surface area (Å²) in [4.78, 5) is 30.8. The summed E-state index contributed by atoms with van der Waals surface area (Å²) in [6.07, 6.45) is 2.11. The fourth-order valence-corrected chi connectivity index (χ4v) is 2.36. The van der Waals surface area contributed by atoms with Gasteiger partial charge in [-0.1, -0.05) is 6.07 Å². The number of carbonyl (C=O) groups excluding carboxylic acids is 1. The first-order valence-electron chi connectivity index (χ1n) is 7.78. The Morgan fingerprint density at radius 1 is 1.36 bits per heavy atom. The molecule has 0 atom stereocenters. The van der Waals surface area contributed by atoms with Crippen molar-refractivity contribution in [1.29, 1.82) is 0 Å². The number of hydrogen-bond acceptors (Lipinski definition) is 6. The van der Waals surface area contributed by atoms with Gasteiger partial charge in [0.15, 0.2) is 5.65 Å². The first-order valence-corrected chi connectivity index (χ1v) is 7.78. The molecule has 2 aromatic heterocycles. The highest BCUT2D eigenvalue weighted by Crippen LogP contribution is 2.10. The Kier molecular flexibility index (Phi) is 4.64. The van der Waals surface area contributed by atoms with Crippen LogP contribution in [0.3, 0.4) is 0 Å². The van der Waals surface area contributed by atoms with E-state index < -0.39 is 0 Å². The van der Waals surface area contributed by atoms with Gasteiger partial charge in [0.05, 0.1) is 6.20 Å². The molecule has 0 aliphatic rings. The maximum atomic E-state index is 11.9. The summed E-state index contributed by atoms with van der Waals surface area (Å²) in [5.41, 5.74) is 0.654. The van der Waals surface area contributed by atoms with Crippen LogP contribution in [-0.4, -0.2) is 43.9 Å². The van der Waals surface area contributed by atoms with Gasteiger partial charge >= 0.3 is 0 Å². The second kappa shape index (κ2) is 7.04. The Morgan fingerprint density at radius 2 is 2.20 bits per heavy atom. The number of benzene rings is 1. The second-order valence-electron chi connectivity index (χ2n) is 5.51. The molecular formula is C16H18N6O3. The zero-order valence-corrected chi connectivity index (χ0v) is 13.6. The number of carbonyl (C=O) groups is 1. The van der Waals surface area contributed by atoms with Crippen molar-refractivity contribution in [3.05, 3.63) is 46.4 Å². The lowest BCUT2D eigenvalue weighted by Crippen LogP contribution is -2.26. The van der Waals surface area contributed by atoms with E-state index in [-0.39, 0.29) is 17.2 Å². The van der Waals surface area contributed by atoms with Crippen LogP contribution in [0.1, 0.15) is 16.8 Å². The Hall–Kier alpha value is -3.36. The molecule has 4 N–H and O–H groups in total. The van der Waals surface area contributed by atoms with Crippen LogP contribution < -0.4 is 16.2 Å². The molecule has 1 amide bonds. The van der Waals surface area contributed by atoms with E-state index in [4.69, 9.17) is 0 Å². The molecule has 9 nitrogen and oxygen atoms in total. The van der Waals surface area contributed by atoms with Crippen molar-refractivity contribution in [2.75, 3.05) is 18.4 Å². The summed E-state index contributed by atoms with van der Waals surface area (Å²) >= 11 is 0. The molecule has 0 aliphatic heterocycles. The van der Waals surface area contributed by atoms with E-state index in [0.717, 1.165) is 0 Å². The minimum absolute atomic E-state index is 0.0508. The highest BCUT2D eigenvalue weighted by atomic mass is 16.3. The number of phenols is 1. The first kappa shape index (κ1) is 16.5.